The summed E-state index contributed by atoms with van der Waals surface area (Å²) in [5.41, 5.74) is 1.61. The van der Waals surface area contributed by atoms with E-state index in [2.05, 4.69) is 20.9 Å². The monoisotopic (exact) mass is 934 g/mol. The fourth-order valence-electron chi connectivity index (χ4n) is 7.92. The molecule has 4 rings (SSSR count). The molecule has 1 fully saturated rings. The van der Waals surface area contributed by atoms with E-state index in [4.69, 9.17) is 0 Å². The fourth-order valence-corrected chi connectivity index (χ4v) is 7.92. The molecule has 5 amide bonds. The Morgan fingerprint density at radius 2 is 1.40 bits per heavy atom. The van der Waals surface area contributed by atoms with Crippen molar-refractivity contribution in [2.24, 2.45) is 0 Å². The van der Waals surface area contributed by atoms with Gasteiger partial charge in [-0.2, -0.15) is 0 Å². The number of imide groups is 1. The molecular formula is C46H62N8O13. The molecule has 2 aliphatic heterocycles. The number of carbonyl (C=O) groups excluding carboxylic acids is 6. The van der Waals surface area contributed by atoms with Crippen LogP contribution in [0.4, 0.5) is 0 Å². The molecular weight excluding hydrogens is 873 g/mol. The molecule has 0 aromatic heterocycles. The van der Waals surface area contributed by atoms with E-state index in [1.54, 1.807) is 64.4 Å². The maximum atomic E-state index is 13.7. The van der Waals surface area contributed by atoms with Gasteiger partial charge in [0.1, 0.15) is 18.4 Å². The van der Waals surface area contributed by atoms with E-state index >= 15 is 0 Å². The molecule has 0 radical (unpaired) electrons. The van der Waals surface area contributed by atoms with Crippen molar-refractivity contribution in [1.82, 2.24) is 40.4 Å². The van der Waals surface area contributed by atoms with Gasteiger partial charge in [0.15, 0.2) is 0 Å². The number of unbranched alkanes of at least 4 members (excludes halogenated alkanes) is 1. The number of nitrogens with zero attached hydrogens (tertiary/aromatic N) is 5. The number of amides is 5. The number of aldehydes is 1. The molecule has 21 heteroatoms. The van der Waals surface area contributed by atoms with Crippen LogP contribution >= 0.6 is 0 Å². The summed E-state index contributed by atoms with van der Waals surface area (Å²) in [6.45, 7) is 3.51. The number of nitrogens with one attached hydrogen (secondary N) is 3. The van der Waals surface area contributed by atoms with E-state index in [-0.39, 0.29) is 70.5 Å². The lowest BCUT2D eigenvalue weighted by Crippen LogP contribution is -2.55. The average molecular weight is 935 g/mol. The highest BCUT2D eigenvalue weighted by molar-refractivity contribution is 6.12. The Bertz CT molecular complexity index is 2040. The number of carboxylic acids is 3. The lowest BCUT2D eigenvalue weighted by atomic mass is 10.0. The molecule has 67 heavy (non-hydrogen) atoms. The van der Waals surface area contributed by atoms with Crippen molar-refractivity contribution < 1.29 is 63.6 Å². The molecule has 364 valence electrons. The Morgan fingerprint density at radius 3 is 2.01 bits per heavy atom. The fraction of sp³-hybridized carbons (Fsp3) is 0.500. The van der Waals surface area contributed by atoms with E-state index in [9.17, 15) is 63.6 Å². The smallest absolute Gasteiger partial charge is 0.326 e. The minimum Gasteiger partial charge on any atom is -0.480 e. The van der Waals surface area contributed by atoms with Crippen LogP contribution in [0.15, 0.2) is 66.7 Å². The van der Waals surface area contributed by atoms with Crippen LogP contribution in [0.25, 0.3) is 0 Å². The van der Waals surface area contributed by atoms with Crippen molar-refractivity contribution >= 4 is 53.7 Å². The van der Waals surface area contributed by atoms with Crippen LogP contribution in [0.1, 0.15) is 47.7 Å². The molecule has 4 atom stereocenters. The number of hydrogen-bond acceptors (Lipinski definition) is 14. The summed E-state index contributed by atoms with van der Waals surface area (Å²) < 4.78 is 0. The largest absolute Gasteiger partial charge is 0.480 e. The molecule has 0 aliphatic carbocycles. The topological polar surface area (TPSA) is 287 Å². The molecule has 7 N–H and O–H groups in total. The van der Waals surface area contributed by atoms with Gasteiger partial charge >= 0.3 is 17.9 Å². The molecule has 2 aromatic carbocycles. The summed E-state index contributed by atoms with van der Waals surface area (Å²) in [5.74, 6) is -6.38. The van der Waals surface area contributed by atoms with Gasteiger partial charge in [-0.15, -0.1) is 0 Å². The highest BCUT2D eigenvalue weighted by atomic mass is 16.4. The Labute approximate surface area is 388 Å². The summed E-state index contributed by atoms with van der Waals surface area (Å²) in [6.07, 6.45) is 3.83. The van der Waals surface area contributed by atoms with Crippen LogP contribution in [-0.4, -0.2) is 208 Å². The maximum absolute atomic E-state index is 13.7. The summed E-state index contributed by atoms with van der Waals surface area (Å²) in [4.78, 5) is 120. The van der Waals surface area contributed by atoms with Crippen LogP contribution in [0.3, 0.4) is 0 Å². The van der Waals surface area contributed by atoms with E-state index in [1.807, 2.05) is 11.8 Å². The quantitative estimate of drug-likeness (QED) is 0.0366. The van der Waals surface area contributed by atoms with Crippen molar-refractivity contribution in [2.45, 2.75) is 63.2 Å². The van der Waals surface area contributed by atoms with E-state index in [1.165, 1.54) is 0 Å². The van der Waals surface area contributed by atoms with Crippen molar-refractivity contribution in [3.63, 3.8) is 0 Å². The number of hydrogen-bond donors (Lipinski definition) is 7. The predicted octanol–water partition coefficient (Wildman–Crippen LogP) is -1.31. The third-order valence-corrected chi connectivity index (χ3v) is 11.7. The first kappa shape index (κ1) is 53.2. The average Bonchev–Trinajstić information content (AvgIpc) is 3.62. The molecule has 0 bridgehead atoms. The summed E-state index contributed by atoms with van der Waals surface area (Å²) in [5, 5.41) is 47.0. The number of aliphatic hydroxyl groups excluding tert-OH is 1. The maximum Gasteiger partial charge on any atom is 0.326 e. The number of carboxylic acid groups (broad SMARTS) is 3. The van der Waals surface area contributed by atoms with Gasteiger partial charge in [0.25, 0.3) is 17.7 Å². The number of aliphatic carboxylic acids is 3. The van der Waals surface area contributed by atoms with Gasteiger partial charge in [-0.05, 0) is 55.5 Å². The normalized spacial score (nSPS) is 18.2. The lowest BCUT2D eigenvalue weighted by Gasteiger charge is -2.39. The zero-order chi connectivity index (χ0) is 48.9. The number of aliphatic hydroxyl groups is 1. The molecule has 21 nitrogen and oxygen atoms in total. The zero-order valence-corrected chi connectivity index (χ0v) is 37.7. The Hall–Kier alpha value is -6.39. The van der Waals surface area contributed by atoms with Crippen LogP contribution < -0.4 is 16.0 Å². The Kier molecular flexibility index (Phi) is 21.7. The third-order valence-electron chi connectivity index (χ3n) is 11.7. The minimum atomic E-state index is -1.31. The summed E-state index contributed by atoms with van der Waals surface area (Å²) in [7, 11) is 0. The highest BCUT2D eigenvalue weighted by Crippen LogP contribution is 2.16. The van der Waals surface area contributed by atoms with Crippen LogP contribution in [0, 0.1) is 0 Å². The predicted molar refractivity (Wildman–Crippen MR) is 242 cm³/mol. The van der Waals surface area contributed by atoms with Crippen molar-refractivity contribution in [3.05, 3.63) is 83.4 Å². The first-order valence-electron chi connectivity index (χ1n) is 22.3. The van der Waals surface area contributed by atoms with Gasteiger partial charge in [-0.25, -0.2) is 4.79 Å². The molecule has 1 saturated heterocycles. The molecule has 2 aliphatic rings. The van der Waals surface area contributed by atoms with Crippen molar-refractivity contribution in [3.8, 4) is 0 Å². The number of carbonyl (C=O) groups is 9. The molecule has 0 saturated carbocycles. The van der Waals surface area contributed by atoms with Gasteiger partial charge < -0.3 is 46.1 Å². The Morgan fingerprint density at radius 1 is 0.761 bits per heavy atom. The van der Waals surface area contributed by atoms with Crippen molar-refractivity contribution in [2.75, 3.05) is 85.1 Å². The summed E-state index contributed by atoms with van der Waals surface area (Å²) >= 11 is 0. The van der Waals surface area contributed by atoms with Gasteiger partial charge in [-0.3, -0.25) is 53.2 Å². The van der Waals surface area contributed by atoms with Gasteiger partial charge in [-0.1, -0.05) is 49.4 Å². The highest BCUT2D eigenvalue weighted by Gasteiger charge is 2.30. The first-order valence-corrected chi connectivity index (χ1v) is 22.3. The number of rotatable bonds is 24. The second-order valence-corrected chi connectivity index (χ2v) is 16.5. The first-order chi connectivity index (χ1) is 32.1. The molecule has 2 heterocycles. The van der Waals surface area contributed by atoms with Crippen molar-refractivity contribution in [1.29, 1.82) is 0 Å². The lowest BCUT2D eigenvalue weighted by molar-refractivity contribution is -0.142. The van der Waals surface area contributed by atoms with Crippen LogP contribution in [0.2, 0.25) is 0 Å². The SMILES string of the molecule is CCN1CCN(CC(=O)O)CCN(C(C=O)CO)CC(Cc2ccc(C(=O)NC(Cc3ccccc3)C(=O)NCC(=O)NC(CCCCN3C(=O)C=CC3=O)C(=O)O)cc2)N(CC(=O)O)CC1. The molecule has 2 aromatic rings. The van der Waals surface area contributed by atoms with E-state index < -0.39 is 84.8 Å². The standard InChI is InChI=1S/C46H62N8O13/c1-2-50-18-19-51(28-42(60)61)21-23-52(36(30-55)31-56)27-35(53(22-20-50)29-43(62)63)24-33-11-13-34(14-12-33)44(64)49-38(25-32-8-4-3-5-9-32)45(65)47-26-39(57)48-37(46(66)67)10-6-7-17-54-40(58)15-16-41(54)59/h3-5,8-9,11-16,30,35-38,56H,2,6-7,10,17-29,31H2,1H3,(H,47,65)(H,48,57)(H,49,64)(H,60,61)(H,62,63)(H,66,67). The van der Waals surface area contributed by atoms with Crippen LogP contribution in [-0.2, 0) is 51.2 Å². The zero-order valence-electron chi connectivity index (χ0n) is 37.7. The van der Waals surface area contributed by atoms with E-state index in [0.29, 0.717) is 56.6 Å². The summed E-state index contributed by atoms with van der Waals surface area (Å²) in [6, 6.07) is 11.4. The number of benzene rings is 2. The molecule has 4 unspecified atom stereocenters. The minimum absolute atomic E-state index is 0.000919. The van der Waals surface area contributed by atoms with E-state index in [0.717, 1.165) is 17.1 Å². The second kappa shape index (κ2) is 27.3. The molecule has 0 spiro atoms. The van der Waals surface area contributed by atoms with Gasteiger partial charge in [0, 0.05) is 82.5 Å². The second-order valence-electron chi connectivity index (χ2n) is 16.5. The van der Waals surface area contributed by atoms with Gasteiger partial charge in [0.05, 0.1) is 32.3 Å². The number of likely N-dealkylation sites (N-methyl/N-ethyl adjacent to an activating group) is 1. The van der Waals surface area contributed by atoms with Gasteiger partial charge in [0.2, 0.25) is 11.8 Å². The Balaban J connectivity index is 1.46. The van der Waals surface area contributed by atoms with Crippen LogP contribution in [0.5, 0.6) is 0 Å². The third kappa shape index (κ3) is 17.7.